The number of ketones is 1. The van der Waals surface area contributed by atoms with E-state index >= 15 is 0 Å². The molecule has 0 aliphatic rings. The molecule has 138 valence electrons. The van der Waals surface area contributed by atoms with Crippen LogP contribution in [0.5, 0.6) is 0 Å². The number of nitrogens with zero attached hydrogens (tertiary/aromatic N) is 3. The molecule has 27 heavy (non-hydrogen) atoms. The van der Waals surface area contributed by atoms with E-state index in [9.17, 15) is 14.9 Å². The van der Waals surface area contributed by atoms with Crippen molar-refractivity contribution in [1.29, 1.82) is 5.26 Å². The molecule has 0 bridgehead atoms. The number of fused-ring (bicyclic) bond motifs is 1. The highest BCUT2D eigenvalue weighted by Crippen LogP contribution is 2.23. The summed E-state index contributed by atoms with van der Waals surface area (Å²) in [5.41, 5.74) is 1.72. The van der Waals surface area contributed by atoms with Crippen molar-refractivity contribution in [3.63, 3.8) is 0 Å². The van der Waals surface area contributed by atoms with Crippen LogP contribution in [-0.4, -0.2) is 28.3 Å². The molecular weight excluding hydrogens is 382 g/mol. The summed E-state index contributed by atoms with van der Waals surface area (Å²) in [5.74, 6) is -1.89. The molecule has 2 aromatic heterocycles. The van der Waals surface area contributed by atoms with E-state index in [-0.39, 0.29) is 6.42 Å². The SMILES string of the molecule is Cc1csc([C@@H](C#N)C(=O)COC(=O)CCCc2nc3ccccc3s2)n1. The zero-order valence-corrected chi connectivity index (χ0v) is 16.3. The summed E-state index contributed by atoms with van der Waals surface area (Å²) < 4.78 is 6.16. The van der Waals surface area contributed by atoms with Crippen molar-refractivity contribution in [3.05, 3.63) is 45.4 Å². The number of thiazole rings is 2. The van der Waals surface area contributed by atoms with E-state index in [1.807, 2.05) is 30.3 Å². The smallest absolute Gasteiger partial charge is 0.306 e. The van der Waals surface area contributed by atoms with Crippen molar-refractivity contribution in [1.82, 2.24) is 9.97 Å². The lowest BCUT2D eigenvalue weighted by molar-refractivity contribution is -0.148. The Labute approximate surface area is 164 Å². The van der Waals surface area contributed by atoms with Crippen LogP contribution in [0, 0.1) is 18.3 Å². The van der Waals surface area contributed by atoms with Crippen LogP contribution in [0.15, 0.2) is 29.6 Å². The Morgan fingerprint density at radius 2 is 2.11 bits per heavy atom. The van der Waals surface area contributed by atoms with Crippen molar-refractivity contribution < 1.29 is 14.3 Å². The normalized spacial score (nSPS) is 11.9. The molecule has 0 radical (unpaired) electrons. The Morgan fingerprint density at radius 3 is 2.81 bits per heavy atom. The van der Waals surface area contributed by atoms with Crippen molar-refractivity contribution >= 4 is 44.6 Å². The third kappa shape index (κ3) is 4.96. The van der Waals surface area contributed by atoms with E-state index in [1.54, 1.807) is 23.6 Å². The van der Waals surface area contributed by atoms with E-state index in [2.05, 4.69) is 9.97 Å². The van der Waals surface area contributed by atoms with Crippen molar-refractivity contribution in [2.45, 2.75) is 32.1 Å². The van der Waals surface area contributed by atoms with Gasteiger partial charge in [0.15, 0.2) is 18.3 Å². The molecule has 0 unspecified atom stereocenters. The zero-order chi connectivity index (χ0) is 19.2. The fourth-order valence-corrected chi connectivity index (χ4v) is 4.36. The van der Waals surface area contributed by atoms with Gasteiger partial charge in [-0.25, -0.2) is 9.97 Å². The minimum atomic E-state index is -0.987. The molecule has 6 nitrogen and oxygen atoms in total. The van der Waals surface area contributed by atoms with Gasteiger partial charge in [0.1, 0.15) is 5.01 Å². The van der Waals surface area contributed by atoms with Gasteiger partial charge in [-0.2, -0.15) is 5.26 Å². The molecule has 1 aromatic carbocycles. The largest absolute Gasteiger partial charge is 0.458 e. The van der Waals surface area contributed by atoms with Crippen molar-refractivity contribution in [2.24, 2.45) is 0 Å². The summed E-state index contributed by atoms with van der Waals surface area (Å²) in [7, 11) is 0. The van der Waals surface area contributed by atoms with E-state index in [4.69, 9.17) is 4.74 Å². The first-order valence-electron chi connectivity index (χ1n) is 8.41. The molecule has 0 aliphatic carbocycles. The maximum Gasteiger partial charge on any atom is 0.306 e. The Balaban J connectivity index is 1.43. The van der Waals surface area contributed by atoms with Crippen LogP contribution >= 0.6 is 22.7 Å². The molecule has 0 saturated carbocycles. The van der Waals surface area contributed by atoms with Gasteiger partial charge in [0.25, 0.3) is 0 Å². The van der Waals surface area contributed by atoms with Gasteiger partial charge in [0.05, 0.1) is 21.3 Å². The fourth-order valence-electron chi connectivity index (χ4n) is 2.49. The molecule has 0 fully saturated rings. The molecule has 0 spiro atoms. The van der Waals surface area contributed by atoms with Gasteiger partial charge in [0, 0.05) is 17.5 Å². The number of para-hydroxylation sites is 1. The second kappa shape index (κ2) is 8.84. The monoisotopic (exact) mass is 399 g/mol. The van der Waals surface area contributed by atoms with E-state index in [0.29, 0.717) is 17.8 Å². The zero-order valence-electron chi connectivity index (χ0n) is 14.7. The van der Waals surface area contributed by atoms with Gasteiger partial charge >= 0.3 is 5.97 Å². The molecule has 3 aromatic rings. The molecule has 1 atom stereocenters. The number of rotatable bonds is 8. The molecule has 0 N–H and O–H groups in total. The topological polar surface area (TPSA) is 92.9 Å². The number of ether oxygens (including phenoxy) is 1. The van der Waals surface area contributed by atoms with Gasteiger partial charge < -0.3 is 4.74 Å². The van der Waals surface area contributed by atoms with Gasteiger partial charge in [-0.3, -0.25) is 9.59 Å². The number of aromatic nitrogens is 2. The maximum absolute atomic E-state index is 12.1. The summed E-state index contributed by atoms with van der Waals surface area (Å²) in [6.45, 7) is 1.39. The lowest BCUT2D eigenvalue weighted by Gasteiger charge is -2.06. The predicted octanol–water partition coefficient (Wildman–Crippen LogP) is 3.80. The van der Waals surface area contributed by atoms with Crippen LogP contribution in [0.25, 0.3) is 10.2 Å². The molecule has 3 rings (SSSR count). The average molecular weight is 399 g/mol. The third-order valence-electron chi connectivity index (χ3n) is 3.82. The molecule has 8 heteroatoms. The average Bonchev–Trinajstić information content (AvgIpc) is 3.26. The minimum absolute atomic E-state index is 0.205. The number of hydrogen-bond donors (Lipinski definition) is 0. The number of esters is 1. The Morgan fingerprint density at radius 1 is 1.30 bits per heavy atom. The molecule has 2 heterocycles. The summed E-state index contributed by atoms with van der Waals surface area (Å²) in [6.07, 6.45) is 1.48. The van der Waals surface area contributed by atoms with E-state index in [1.165, 1.54) is 11.3 Å². The quantitative estimate of drug-likeness (QED) is 0.535. The van der Waals surface area contributed by atoms with Crippen LogP contribution in [-0.2, 0) is 20.7 Å². The van der Waals surface area contributed by atoms with Gasteiger partial charge in [-0.1, -0.05) is 12.1 Å². The summed E-state index contributed by atoms with van der Waals surface area (Å²) in [4.78, 5) is 32.7. The second-order valence-electron chi connectivity index (χ2n) is 5.95. The maximum atomic E-state index is 12.1. The van der Waals surface area contributed by atoms with Crippen LogP contribution in [0.1, 0.15) is 34.5 Å². The highest BCUT2D eigenvalue weighted by atomic mass is 32.1. The first kappa shape index (κ1) is 19.1. The number of carbonyl (C=O) groups is 2. The molecular formula is C19H17N3O3S2. The first-order valence-corrected chi connectivity index (χ1v) is 10.1. The number of nitriles is 1. The van der Waals surface area contributed by atoms with Gasteiger partial charge in [-0.05, 0) is 31.9 Å². The fraction of sp³-hybridized carbons (Fsp3) is 0.316. The third-order valence-corrected chi connectivity index (χ3v) is 5.94. The highest BCUT2D eigenvalue weighted by molar-refractivity contribution is 7.18. The molecule has 0 amide bonds. The number of carbonyl (C=O) groups excluding carboxylic acids is 2. The minimum Gasteiger partial charge on any atom is -0.458 e. The first-order chi connectivity index (χ1) is 13.1. The lowest BCUT2D eigenvalue weighted by atomic mass is 10.1. The molecule has 0 saturated heterocycles. The summed E-state index contributed by atoms with van der Waals surface area (Å²) >= 11 is 2.87. The number of benzene rings is 1. The van der Waals surface area contributed by atoms with E-state index < -0.39 is 24.3 Å². The molecule has 0 aliphatic heterocycles. The van der Waals surface area contributed by atoms with Crippen LogP contribution in [0.4, 0.5) is 0 Å². The van der Waals surface area contributed by atoms with Crippen molar-refractivity contribution in [3.8, 4) is 6.07 Å². The second-order valence-corrected chi connectivity index (χ2v) is 7.95. The van der Waals surface area contributed by atoms with Crippen molar-refractivity contribution in [2.75, 3.05) is 6.61 Å². The summed E-state index contributed by atoms with van der Waals surface area (Å²) in [6, 6.07) is 9.83. The Bertz CT molecular complexity index is 970. The predicted molar refractivity (Wildman–Crippen MR) is 104 cm³/mol. The highest BCUT2D eigenvalue weighted by Gasteiger charge is 2.24. The lowest BCUT2D eigenvalue weighted by Crippen LogP contribution is -2.19. The van der Waals surface area contributed by atoms with Crippen LogP contribution in [0.3, 0.4) is 0 Å². The standard InChI is InChI=1S/C19H17N3O3S2/c1-12-11-26-19(21-12)13(9-20)15(23)10-25-18(24)8-4-7-17-22-14-5-2-3-6-16(14)27-17/h2-3,5-6,11,13H,4,7-8,10H2,1H3/t13-/m0/s1. The number of aryl methyl sites for hydroxylation is 2. The number of hydrogen-bond acceptors (Lipinski definition) is 8. The van der Waals surface area contributed by atoms with Gasteiger partial charge in [0.2, 0.25) is 0 Å². The summed E-state index contributed by atoms with van der Waals surface area (Å²) in [5, 5.41) is 12.4. The Hall–Kier alpha value is -2.63. The Kier molecular flexibility index (Phi) is 6.27. The van der Waals surface area contributed by atoms with Gasteiger partial charge in [-0.15, -0.1) is 22.7 Å². The van der Waals surface area contributed by atoms with Crippen LogP contribution < -0.4 is 0 Å². The van der Waals surface area contributed by atoms with E-state index in [0.717, 1.165) is 20.9 Å². The number of Topliss-reactive ketones (excluding diaryl/α,β-unsaturated/α-hetero) is 1. The van der Waals surface area contributed by atoms with Crippen LogP contribution in [0.2, 0.25) is 0 Å².